The summed E-state index contributed by atoms with van der Waals surface area (Å²) >= 11 is 0. The Hall–Kier alpha value is -1.56. The summed E-state index contributed by atoms with van der Waals surface area (Å²) < 4.78 is 5.18. The summed E-state index contributed by atoms with van der Waals surface area (Å²) in [4.78, 5) is 2.34. The van der Waals surface area contributed by atoms with Crippen molar-refractivity contribution in [3.05, 3.63) is 34.9 Å². The van der Waals surface area contributed by atoms with Gasteiger partial charge in [-0.15, -0.1) is 0 Å². The van der Waals surface area contributed by atoms with Crippen LogP contribution in [0.15, 0.2) is 23.8 Å². The molecule has 4 rings (SSSR count). The fourth-order valence-corrected chi connectivity index (χ4v) is 4.14. The lowest BCUT2D eigenvalue weighted by Crippen LogP contribution is -2.49. The van der Waals surface area contributed by atoms with Gasteiger partial charge in [-0.05, 0) is 29.7 Å². The number of aliphatic hydroxyl groups is 2. The highest BCUT2D eigenvalue weighted by atomic mass is 16.5. The SMILES string of the molecule is COc1cc2c(cc1O)[C@@H]1C(O)C(O)C=C3CCN(C2)[C@H]31. The minimum Gasteiger partial charge on any atom is -0.504 e. The van der Waals surface area contributed by atoms with Crippen LogP contribution in [0.2, 0.25) is 0 Å². The molecular weight excluding hydrogens is 270 g/mol. The number of benzene rings is 1. The van der Waals surface area contributed by atoms with E-state index < -0.39 is 12.2 Å². The minimum absolute atomic E-state index is 0.0838. The zero-order valence-electron chi connectivity index (χ0n) is 11.9. The van der Waals surface area contributed by atoms with Crippen LogP contribution in [0.4, 0.5) is 0 Å². The number of aromatic hydroxyl groups is 1. The molecule has 0 amide bonds. The normalized spacial score (nSPS) is 34.1. The first-order chi connectivity index (χ1) is 10.1. The Labute approximate surface area is 123 Å². The van der Waals surface area contributed by atoms with Crippen molar-refractivity contribution < 1.29 is 20.1 Å². The van der Waals surface area contributed by atoms with Crippen molar-refractivity contribution in [1.82, 2.24) is 4.90 Å². The highest BCUT2D eigenvalue weighted by molar-refractivity contribution is 5.51. The quantitative estimate of drug-likeness (QED) is 0.665. The lowest BCUT2D eigenvalue weighted by atomic mass is 9.73. The van der Waals surface area contributed by atoms with Crippen LogP contribution in [0.5, 0.6) is 11.5 Å². The first-order valence-electron chi connectivity index (χ1n) is 7.30. The summed E-state index contributed by atoms with van der Waals surface area (Å²) in [6, 6.07) is 3.67. The molecular formula is C16H19NO4. The first-order valence-corrected chi connectivity index (χ1v) is 7.30. The number of aliphatic hydroxyl groups excluding tert-OH is 2. The topological polar surface area (TPSA) is 73.2 Å². The molecule has 1 aromatic carbocycles. The van der Waals surface area contributed by atoms with Gasteiger partial charge in [0.1, 0.15) is 0 Å². The molecule has 21 heavy (non-hydrogen) atoms. The van der Waals surface area contributed by atoms with Crippen molar-refractivity contribution >= 4 is 0 Å². The van der Waals surface area contributed by atoms with Crippen molar-refractivity contribution in [2.75, 3.05) is 13.7 Å². The molecule has 0 spiro atoms. The van der Waals surface area contributed by atoms with Gasteiger partial charge in [-0.2, -0.15) is 0 Å². The number of methoxy groups -OCH3 is 1. The van der Waals surface area contributed by atoms with Gasteiger partial charge in [0.15, 0.2) is 11.5 Å². The molecule has 3 N–H and O–H groups in total. The Morgan fingerprint density at radius 3 is 2.86 bits per heavy atom. The summed E-state index contributed by atoms with van der Waals surface area (Å²) in [5.41, 5.74) is 3.19. The number of fused-ring (bicyclic) bond motifs is 2. The number of phenols is 1. The van der Waals surface area contributed by atoms with Crippen molar-refractivity contribution in [2.45, 2.75) is 37.1 Å². The van der Waals surface area contributed by atoms with Gasteiger partial charge in [0.2, 0.25) is 0 Å². The second-order valence-corrected chi connectivity index (χ2v) is 6.14. The van der Waals surface area contributed by atoms with Crippen LogP contribution >= 0.6 is 0 Å². The summed E-state index contributed by atoms with van der Waals surface area (Å²) in [6.45, 7) is 1.72. The highest BCUT2D eigenvalue weighted by Crippen LogP contribution is 2.48. The van der Waals surface area contributed by atoms with E-state index in [-0.39, 0.29) is 17.7 Å². The molecule has 0 radical (unpaired) electrons. The molecule has 1 aliphatic carbocycles. The number of phenolic OH excluding ortho intramolecular Hbond substituents is 1. The number of nitrogens with zero attached hydrogens (tertiary/aromatic N) is 1. The number of hydrogen-bond donors (Lipinski definition) is 3. The molecule has 0 saturated carbocycles. The third-order valence-electron chi connectivity index (χ3n) is 5.08. The smallest absolute Gasteiger partial charge is 0.160 e. The van der Waals surface area contributed by atoms with Gasteiger partial charge in [0, 0.05) is 25.0 Å². The molecule has 4 atom stereocenters. The number of rotatable bonds is 1. The van der Waals surface area contributed by atoms with E-state index in [1.165, 1.54) is 12.7 Å². The Morgan fingerprint density at radius 1 is 1.29 bits per heavy atom. The molecule has 2 heterocycles. The third-order valence-corrected chi connectivity index (χ3v) is 5.08. The van der Waals surface area contributed by atoms with E-state index in [1.54, 1.807) is 12.1 Å². The van der Waals surface area contributed by atoms with Crippen molar-refractivity contribution in [1.29, 1.82) is 0 Å². The molecule has 1 aromatic rings. The van der Waals surface area contributed by atoms with Gasteiger partial charge < -0.3 is 20.1 Å². The largest absolute Gasteiger partial charge is 0.504 e. The second-order valence-electron chi connectivity index (χ2n) is 6.14. The van der Waals surface area contributed by atoms with Gasteiger partial charge in [-0.1, -0.05) is 11.6 Å². The van der Waals surface area contributed by atoms with E-state index in [0.29, 0.717) is 5.75 Å². The minimum atomic E-state index is -0.841. The van der Waals surface area contributed by atoms with Crippen LogP contribution in [0.25, 0.3) is 0 Å². The standard InChI is InChI=1S/C16H19NO4/c1-21-13-5-9-7-17-3-2-8-4-12(19)16(20)14(15(8)17)10(9)6-11(13)18/h4-6,12,14-16,18-20H,2-3,7H2,1H3/t12?,14-,15+,16?/m0/s1. The lowest BCUT2D eigenvalue weighted by Gasteiger charge is -2.44. The van der Waals surface area contributed by atoms with Crippen molar-refractivity contribution in [3.63, 3.8) is 0 Å². The van der Waals surface area contributed by atoms with Crippen molar-refractivity contribution in [3.8, 4) is 11.5 Å². The number of ether oxygens (including phenoxy) is 1. The van der Waals surface area contributed by atoms with Gasteiger partial charge in [0.05, 0.1) is 19.3 Å². The molecule has 5 nitrogen and oxygen atoms in total. The van der Waals surface area contributed by atoms with E-state index in [1.807, 2.05) is 6.07 Å². The predicted molar refractivity (Wildman–Crippen MR) is 76.3 cm³/mol. The monoisotopic (exact) mass is 289 g/mol. The molecule has 5 heteroatoms. The average molecular weight is 289 g/mol. The number of hydrogen-bond acceptors (Lipinski definition) is 5. The average Bonchev–Trinajstić information content (AvgIpc) is 2.86. The second kappa shape index (κ2) is 4.47. The van der Waals surface area contributed by atoms with Crippen LogP contribution in [-0.2, 0) is 6.54 Å². The zero-order valence-corrected chi connectivity index (χ0v) is 11.9. The Morgan fingerprint density at radius 2 is 2.10 bits per heavy atom. The Bertz CT molecular complexity index is 627. The van der Waals surface area contributed by atoms with Crippen LogP contribution in [0, 0.1) is 0 Å². The van der Waals surface area contributed by atoms with Gasteiger partial charge in [-0.25, -0.2) is 0 Å². The Kier molecular flexibility index (Phi) is 2.79. The van der Waals surface area contributed by atoms with E-state index in [4.69, 9.17) is 4.74 Å². The fraction of sp³-hybridized carbons (Fsp3) is 0.500. The predicted octanol–water partition coefficient (Wildman–Crippen LogP) is 0.734. The molecule has 2 aliphatic heterocycles. The highest BCUT2D eigenvalue weighted by Gasteiger charge is 2.48. The molecule has 112 valence electrons. The molecule has 2 unspecified atom stereocenters. The van der Waals surface area contributed by atoms with Gasteiger partial charge in [-0.3, -0.25) is 4.90 Å². The van der Waals surface area contributed by atoms with Gasteiger partial charge >= 0.3 is 0 Å². The van der Waals surface area contributed by atoms with E-state index in [2.05, 4.69) is 4.90 Å². The van der Waals surface area contributed by atoms with E-state index in [9.17, 15) is 15.3 Å². The fourth-order valence-electron chi connectivity index (χ4n) is 4.14. The summed E-state index contributed by atoms with van der Waals surface area (Å²) in [6.07, 6.45) is 1.06. The molecule has 0 bridgehead atoms. The summed E-state index contributed by atoms with van der Waals surface area (Å²) in [5, 5.41) is 30.6. The summed E-state index contributed by atoms with van der Waals surface area (Å²) in [5.74, 6) is 0.344. The molecule has 3 aliphatic rings. The third kappa shape index (κ3) is 1.75. The molecule has 0 aromatic heterocycles. The maximum absolute atomic E-state index is 10.5. The first kappa shape index (κ1) is 13.1. The van der Waals surface area contributed by atoms with E-state index in [0.717, 1.165) is 30.6 Å². The molecule has 1 saturated heterocycles. The Balaban J connectivity index is 1.88. The van der Waals surface area contributed by atoms with Gasteiger partial charge in [0.25, 0.3) is 0 Å². The maximum Gasteiger partial charge on any atom is 0.160 e. The van der Waals surface area contributed by atoms with Crippen LogP contribution in [-0.4, -0.2) is 52.1 Å². The maximum atomic E-state index is 10.5. The van der Waals surface area contributed by atoms with Crippen LogP contribution < -0.4 is 4.74 Å². The zero-order chi connectivity index (χ0) is 14.7. The van der Waals surface area contributed by atoms with Crippen LogP contribution in [0.1, 0.15) is 23.5 Å². The summed E-state index contributed by atoms with van der Waals surface area (Å²) in [7, 11) is 1.53. The van der Waals surface area contributed by atoms with Crippen molar-refractivity contribution in [2.24, 2.45) is 0 Å². The van der Waals surface area contributed by atoms with E-state index >= 15 is 0 Å². The van der Waals surface area contributed by atoms with Crippen LogP contribution in [0.3, 0.4) is 0 Å². The lowest BCUT2D eigenvalue weighted by molar-refractivity contribution is -0.00162. The molecule has 1 fully saturated rings.